The number of nitrogens with zero attached hydrogens (tertiary/aromatic N) is 4. The van der Waals surface area contributed by atoms with Crippen molar-refractivity contribution >= 4 is 29.7 Å². The van der Waals surface area contributed by atoms with Gasteiger partial charge in [0, 0.05) is 62.9 Å². The van der Waals surface area contributed by atoms with Gasteiger partial charge in [-0.2, -0.15) is 0 Å². The Labute approximate surface area is 203 Å². The van der Waals surface area contributed by atoms with Crippen molar-refractivity contribution in [3.8, 4) is 5.88 Å². The molecule has 0 atom stereocenters. The van der Waals surface area contributed by atoms with Gasteiger partial charge in [-0.15, -0.1) is 0 Å². The van der Waals surface area contributed by atoms with Crippen molar-refractivity contribution in [2.75, 3.05) is 25.4 Å². The van der Waals surface area contributed by atoms with Crippen molar-refractivity contribution in [1.29, 1.82) is 0 Å². The Hall–Kier alpha value is -2.88. The number of imide groups is 1. The first-order valence-electron chi connectivity index (χ1n) is 11.7. The highest BCUT2D eigenvalue weighted by atomic mass is 32.2. The second-order valence-corrected chi connectivity index (χ2v) is 10.7. The van der Waals surface area contributed by atoms with Gasteiger partial charge in [-0.3, -0.25) is 14.5 Å². The molecule has 10 heteroatoms. The predicted octanol–water partition coefficient (Wildman–Crippen LogP) is 3.53. The van der Waals surface area contributed by atoms with Gasteiger partial charge in [0.05, 0.1) is 0 Å². The second kappa shape index (κ2) is 10.6. The van der Waals surface area contributed by atoms with Gasteiger partial charge in [-0.1, -0.05) is 31.7 Å². The van der Waals surface area contributed by atoms with Crippen LogP contribution in [0.4, 0.5) is 4.79 Å². The topological polar surface area (TPSA) is 108 Å². The van der Waals surface area contributed by atoms with Crippen molar-refractivity contribution in [2.45, 2.75) is 51.1 Å². The summed E-state index contributed by atoms with van der Waals surface area (Å²) in [5, 5.41) is 0.925. The third kappa shape index (κ3) is 6.37. The van der Waals surface area contributed by atoms with E-state index in [-0.39, 0.29) is 29.2 Å². The summed E-state index contributed by atoms with van der Waals surface area (Å²) in [5.74, 6) is 1.52. The fourth-order valence-corrected chi connectivity index (χ4v) is 5.30. The van der Waals surface area contributed by atoms with Crippen LogP contribution in [0.5, 0.6) is 5.88 Å². The number of pyridine rings is 1. The Morgan fingerprint density at radius 2 is 1.91 bits per heavy atom. The summed E-state index contributed by atoms with van der Waals surface area (Å²) in [7, 11) is 0. The van der Waals surface area contributed by atoms with E-state index in [0.717, 1.165) is 29.3 Å². The molecule has 0 unspecified atom stereocenters. The number of H-pyrrole nitrogens is 1. The molecule has 9 nitrogen and oxygen atoms in total. The minimum Gasteiger partial charge on any atom is -0.391 e. The molecule has 3 amide bonds. The highest BCUT2D eigenvalue weighted by molar-refractivity contribution is 7.99. The fraction of sp³-hybridized carbons (Fsp3) is 0.542. The zero-order valence-electron chi connectivity index (χ0n) is 19.7. The molecular weight excluding hydrogens is 454 g/mol. The highest BCUT2D eigenvalue weighted by Crippen LogP contribution is 2.31. The third-order valence-electron chi connectivity index (χ3n) is 6.28. The van der Waals surface area contributed by atoms with E-state index in [4.69, 9.17) is 4.74 Å². The second-order valence-electron chi connectivity index (χ2n) is 9.72. The number of imidazole rings is 1. The maximum absolute atomic E-state index is 12.5. The number of hydrogen-bond donors (Lipinski definition) is 1. The average molecular weight is 486 g/mol. The van der Waals surface area contributed by atoms with Gasteiger partial charge in [0.2, 0.25) is 17.7 Å². The Morgan fingerprint density at radius 3 is 2.53 bits per heavy atom. The van der Waals surface area contributed by atoms with E-state index < -0.39 is 0 Å². The summed E-state index contributed by atoms with van der Waals surface area (Å²) >= 11 is 1.71. The Bertz CT molecular complexity index is 981. The molecule has 0 aromatic carbocycles. The van der Waals surface area contributed by atoms with Gasteiger partial charge in [-0.05, 0) is 36.2 Å². The maximum Gasteiger partial charge on any atom is 0.416 e. The van der Waals surface area contributed by atoms with Gasteiger partial charge in [0.15, 0.2) is 5.16 Å². The molecule has 0 bridgehead atoms. The van der Waals surface area contributed by atoms with Gasteiger partial charge in [0.25, 0.3) is 0 Å². The van der Waals surface area contributed by atoms with E-state index in [1.807, 2.05) is 26.1 Å². The molecule has 2 aromatic rings. The predicted molar refractivity (Wildman–Crippen MR) is 127 cm³/mol. The van der Waals surface area contributed by atoms with Crippen molar-refractivity contribution in [2.24, 2.45) is 11.3 Å². The summed E-state index contributed by atoms with van der Waals surface area (Å²) in [5.41, 5.74) is 0.603. The number of piperidine rings is 2. The molecular formula is C24H31N5O4S. The number of carbonyl (C=O) groups is 3. The highest BCUT2D eigenvalue weighted by Gasteiger charge is 2.37. The molecule has 0 radical (unpaired) electrons. The molecule has 0 saturated carbocycles. The van der Waals surface area contributed by atoms with Crippen LogP contribution in [0.3, 0.4) is 0 Å². The van der Waals surface area contributed by atoms with Crippen LogP contribution in [0.25, 0.3) is 0 Å². The van der Waals surface area contributed by atoms with Crippen molar-refractivity contribution in [3.05, 3.63) is 36.3 Å². The van der Waals surface area contributed by atoms with Crippen molar-refractivity contribution < 1.29 is 19.1 Å². The molecule has 2 saturated heterocycles. The number of aromatic amines is 1. The summed E-state index contributed by atoms with van der Waals surface area (Å²) in [6, 6.07) is 3.47. The van der Waals surface area contributed by atoms with Crippen LogP contribution in [0, 0.1) is 11.3 Å². The summed E-state index contributed by atoms with van der Waals surface area (Å²) < 4.78 is 5.45. The third-order valence-corrected chi connectivity index (χ3v) is 7.41. The molecule has 4 rings (SSSR count). The van der Waals surface area contributed by atoms with Gasteiger partial charge < -0.3 is 14.6 Å². The smallest absolute Gasteiger partial charge is 0.391 e. The molecule has 2 aliphatic rings. The summed E-state index contributed by atoms with van der Waals surface area (Å²) in [6.45, 7) is 5.54. The van der Waals surface area contributed by atoms with E-state index >= 15 is 0 Å². The molecule has 182 valence electrons. The maximum atomic E-state index is 12.5. The van der Waals surface area contributed by atoms with E-state index in [1.54, 1.807) is 35.1 Å². The normalized spacial score (nSPS) is 18.9. The van der Waals surface area contributed by atoms with Crippen molar-refractivity contribution in [1.82, 2.24) is 24.8 Å². The lowest BCUT2D eigenvalue weighted by Gasteiger charge is -2.34. The minimum absolute atomic E-state index is 0.122. The van der Waals surface area contributed by atoms with Gasteiger partial charge in [-0.25, -0.2) is 14.8 Å². The number of amides is 3. The van der Waals surface area contributed by atoms with Crippen LogP contribution in [-0.2, 0) is 16.0 Å². The molecule has 4 heterocycles. The first-order valence-corrected chi connectivity index (χ1v) is 12.6. The lowest BCUT2D eigenvalue weighted by atomic mass is 9.81. The molecule has 0 aliphatic carbocycles. The lowest BCUT2D eigenvalue weighted by Crippen LogP contribution is -2.46. The standard InChI is InChI=1S/C24H31N5O4S/c1-24(2)13-20(30)29(21(31)14-24)12-7-17-3-4-19(27-15-17)33-23(32)28-10-5-18(6-11-28)16-34-22-25-8-9-26-22/h3-4,8-9,15,18H,5-7,10-14,16H2,1-2H3,(H,25,26). The van der Waals surface area contributed by atoms with E-state index in [1.165, 1.54) is 4.90 Å². The summed E-state index contributed by atoms with van der Waals surface area (Å²) in [6.07, 6.45) is 7.95. The first kappa shape index (κ1) is 24.3. The van der Waals surface area contributed by atoms with E-state index in [2.05, 4.69) is 15.0 Å². The van der Waals surface area contributed by atoms with Crippen LogP contribution in [0.2, 0.25) is 0 Å². The number of hydrogen-bond acceptors (Lipinski definition) is 7. The number of rotatable bonds is 7. The zero-order valence-corrected chi connectivity index (χ0v) is 20.5. The van der Waals surface area contributed by atoms with Crippen LogP contribution < -0.4 is 4.74 Å². The van der Waals surface area contributed by atoms with Crippen LogP contribution in [0.1, 0.15) is 45.1 Å². The van der Waals surface area contributed by atoms with E-state index in [0.29, 0.717) is 44.8 Å². The first-order chi connectivity index (χ1) is 16.3. The van der Waals surface area contributed by atoms with Gasteiger partial charge >= 0.3 is 6.09 Å². The Balaban J connectivity index is 1.20. The lowest BCUT2D eigenvalue weighted by molar-refractivity contribution is -0.152. The number of likely N-dealkylation sites (tertiary alicyclic amines) is 2. The fourth-order valence-electron chi connectivity index (χ4n) is 4.28. The minimum atomic E-state index is -0.385. The molecule has 0 spiro atoms. The van der Waals surface area contributed by atoms with Crippen LogP contribution >= 0.6 is 11.8 Å². The largest absolute Gasteiger partial charge is 0.416 e. The summed E-state index contributed by atoms with van der Waals surface area (Å²) in [4.78, 5) is 51.7. The Morgan fingerprint density at radius 1 is 1.18 bits per heavy atom. The molecule has 1 N–H and O–H groups in total. The number of thioether (sulfide) groups is 1. The quantitative estimate of drug-likeness (QED) is 0.472. The van der Waals surface area contributed by atoms with Crippen LogP contribution in [0.15, 0.2) is 35.9 Å². The average Bonchev–Trinajstić information content (AvgIpc) is 3.31. The molecule has 2 aliphatic heterocycles. The molecule has 2 fully saturated rings. The van der Waals surface area contributed by atoms with Crippen molar-refractivity contribution in [3.63, 3.8) is 0 Å². The zero-order chi connectivity index (χ0) is 24.1. The molecule has 34 heavy (non-hydrogen) atoms. The number of carbonyl (C=O) groups excluding carboxylic acids is 3. The number of aromatic nitrogens is 3. The van der Waals surface area contributed by atoms with E-state index in [9.17, 15) is 14.4 Å². The SMILES string of the molecule is CC1(C)CC(=O)N(CCc2ccc(OC(=O)N3CCC(CSc4ncc[nH]4)CC3)nc2)C(=O)C1. The number of ether oxygens (including phenoxy) is 1. The van der Waals surface area contributed by atoms with Gasteiger partial charge in [0.1, 0.15) is 0 Å². The Kier molecular flexibility index (Phi) is 7.55. The molecule has 2 aromatic heterocycles. The van der Waals surface area contributed by atoms with Crippen LogP contribution in [-0.4, -0.2) is 68.0 Å². The number of nitrogens with one attached hydrogen (secondary N) is 1. The monoisotopic (exact) mass is 485 g/mol.